The summed E-state index contributed by atoms with van der Waals surface area (Å²) in [5.74, 6) is 0.795. The van der Waals surface area contributed by atoms with E-state index in [0.717, 1.165) is 17.5 Å². The van der Waals surface area contributed by atoms with Gasteiger partial charge in [-0.2, -0.15) is 0 Å². The lowest BCUT2D eigenvalue weighted by Crippen LogP contribution is -2.01. The second kappa shape index (κ2) is 5.61. The van der Waals surface area contributed by atoms with Crippen molar-refractivity contribution in [1.29, 1.82) is 0 Å². The molecule has 0 spiro atoms. The lowest BCUT2D eigenvalue weighted by atomic mass is 10.0. The number of hydrogen-bond donors (Lipinski definition) is 1. The van der Waals surface area contributed by atoms with Crippen LogP contribution in [0.2, 0.25) is 0 Å². The highest BCUT2D eigenvalue weighted by Gasteiger charge is 2.12. The van der Waals surface area contributed by atoms with Crippen molar-refractivity contribution in [2.75, 3.05) is 13.7 Å². The predicted molar refractivity (Wildman–Crippen MR) is 59.4 cm³/mol. The van der Waals surface area contributed by atoms with E-state index in [1.807, 2.05) is 19.9 Å². The first-order chi connectivity index (χ1) is 7.24. The number of phenols is 1. The van der Waals surface area contributed by atoms with Crippen molar-refractivity contribution in [1.82, 2.24) is 0 Å². The normalized spacial score (nSPS) is 10.3. The molecule has 0 amide bonds. The first-order valence-electron chi connectivity index (χ1n) is 5.20. The van der Waals surface area contributed by atoms with Gasteiger partial charge in [-0.05, 0) is 25.0 Å². The average molecular weight is 210 g/mol. The van der Waals surface area contributed by atoms with Gasteiger partial charge in [-0.15, -0.1) is 0 Å². The summed E-state index contributed by atoms with van der Waals surface area (Å²) >= 11 is 0. The molecule has 0 aromatic heterocycles. The number of aromatic hydroxyl groups is 1. The van der Waals surface area contributed by atoms with Crippen molar-refractivity contribution in [3.8, 4) is 11.5 Å². The zero-order valence-corrected chi connectivity index (χ0v) is 9.54. The Morgan fingerprint density at radius 2 is 2.00 bits per heavy atom. The van der Waals surface area contributed by atoms with Crippen LogP contribution in [-0.4, -0.2) is 18.8 Å². The topological polar surface area (TPSA) is 38.7 Å². The maximum Gasteiger partial charge on any atom is 0.164 e. The van der Waals surface area contributed by atoms with E-state index in [0.29, 0.717) is 19.0 Å². The lowest BCUT2D eigenvalue weighted by Gasteiger charge is -2.14. The molecule has 3 heteroatoms. The summed E-state index contributed by atoms with van der Waals surface area (Å²) in [5.41, 5.74) is 2.10. The molecule has 84 valence electrons. The maximum absolute atomic E-state index is 9.68. The van der Waals surface area contributed by atoms with Gasteiger partial charge in [-0.3, -0.25) is 0 Å². The molecule has 0 aliphatic carbocycles. The molecule has 0 fully saturated rings. The first-order valence-corrected chi connectivity index (χ1v) is 5.20. The fraction of sp³-hybridized carbons (Fsp3) is 0.500. The number of benzene rings is 1. The van der Waals surface area contributed by atoms with Gasteiger partial charge in [-0.1, -0.05) is 13.0 Å². The van der Waals surface area contributed by atoms with Crippen LogP contribution in [0.15, 0.2) is 12.1 Å². The highest BCUT2D eigenvalue weighted by Crippen LogP contribution is 2.33. The molecule has 0 bridgehead atoms. The van der Waals surface area contributed by atoms with Crippen LogP contribution in [0, 0.1) is 0 Å². The molecule has 0 saturated carbocycles. The Balaban J connectivity index is 3.14. The summed E-state index contributed by atoms with van der Waals surface area (Å²) in [4.78, 5) is 0. The minimum Gasteiger partial charge on any atom is -0.504 e. The van der Waals surface area contributed by atoms with E-state index in [2.05, 4.69) is 0 Å². The molecule has 0 atom stereocenters. The quantitative estimate of drug-likeness (QED) is 0.811. The Hall–Kier alpha value is -1.22. The highest BCUT2D eigenvalue weighted by molar-refractivity contribution is 5.49. The predicted octanol–water partition coefficient (Wildman–Crippen LogP) is 2.50. The molecule has 1 aromatic rings. The number of rotatable bonds is 5. The van der Waals surface area contributed by atoms with Crippen LogP contribution in [-0.2, 0) is 17.8 Å². The Morgan fingerprint density at radius 1 is 1.27 bits per heavy atom. The van der Waals surface area contributed by atoms with Gasteiger partial charge in [0.05, 0.1) is 13.2 Å². The first kappa shape index (κ1) is 11.9. The Kier molecular flexibility index (Phi) is 4.43. The van der Waals surface area contributed by atoms with Crippen molar-refractivity contribution in [2.24, 2.45) is 0 Å². The number of hydrogen-bond acceptors (Lipinski definition) is 3. The third kappa shape index (κ3) is 2.63. The molecular formula is C12H18O3. The molecule has 0 aliphatic heterocycles. The van der Waals surface area contributed by atoms with Crippen molar-refractivity contribution in [3.63, 3.8) is 0 Å². The SMILES string of the molecule is CCOc1c(O)ccc(COC)c1CC. The molecule has 1 aromatic carbocycles. The zero-order chi connectivity index (χ0) is 11.3. The van der Waals surface area contributed by atoms with Crippen molar-refractivity contribution in [3.05, 3.63) is 23.3 Å². The Labute approximate surface area is 90.6 Å². The largest absolute Gasteiger partial charge is 0.504 e. The zero-order valence-electron chi connectivity index (χ0n) is 9.54. The molecule has 3 nitrogen and oxygen atoms in total. The van der Waals surface area contributed by atoms with Crippen molar-refractivity contribution in [2.45, 2.75) is 26.9 Å². The van der Waals surface area contributed by atoms with Gasteiger partial charge in [-0.25, -0.2) is 0 Å². The summed E-state index contributed by atoms with van der Waals surface area (Å²) in [6, 6.07) is 3.53. The van der Waals surface area contributed by atoms with E-state index < -0.39 is 0 Å². The smallest absolute Gasteiger partial charge is 0.164 e. The van der Waals surface area contributed by atoms with E-state index in [4.69, 9.17) is 9.47 Å². The van der Waals surface area contributed by atoms with Gasteiger partial charge in [0.25, 0.3) is 0 Å². The van der Waals surface area contributed by atoms with Crippen molar-refractivity contribution < 1.29 is 14.6 Å². The van der Waals surface area contributed by atoms with Crippen LogP contribution in [0.1, 0.15) is 25.0 Å². The van der Waals surface area contributed by atoms with E-state index in [1.165, 1.54) is 0 Å². The summed E-state index contributed by atoms with van der Waals surface area (Å²) in [5, 5.41) is 9.68. The molecule has 0 aliphatic rings. The van der Waals surface area contributed by atoms with Gasteiger partial charge in [0, 0.05) is 12.7 Å². The minimum absolute atomic E-state index is 0.202. The van der Waals surface area contributed by atoms with Crippen LogP contribution in [0.4, 0.5) is 0 Å². The molecule has 0 radical (unpaired) electrons. The molecule has 0 saturated heterocycles. The average Bonchev–Trinajstić information content (AvgIpc) is 2.24. The molecule has 0 unspecified atom stereocenters. The molecular weight excluding hydrogens is 192 g/mol. The second-order valence-electron chi connectivity index (χ2n) is 3.27. The van der Waals surface area contributed by atoms with Gasteiger partial charge in [0.15, 0.2) is 11.5 Å². The van der Waals surface area contributed by atoms with E-state index in [1.54, 1.807) is 13.2 Å². The van der Waals surface area contributed by atoms with Gasteiger partial charge in [0.2, 0.25) is 0 Å². The van der Waals surface area contributed by atoms with Crippen LogP contribution in [0.5, 0.6) is 11.5 Å². The van der Waals surface area contributed by atoms with Crippen LogP contribution < -0.4 is 4.74 Å². The van der Waals surface area contributed by atoms with Gasteiger partial charge in [0.1, 0.15) is 0 Å². The molecule has 1 rings (SSSR count). The number of ether oxygens (including phenoxy) is 2. The molecule has 0 heterocycles. The number of phenolic OH excluding ortho intramolecular Hbond substituents is 1. The Morgan fingerprint density at radius 3 is 2.53 bits per heavy atom. The summed E-state index contributed by atoms with van der Waals surface area (Å²) < 4.78 is 10.5. The van der Waals surface area contributed by atoms with E-state index in [-0.39, 0.29) is 5.75 Å². The fourth-order valence-electron chi connectivity index (χ4n) is 1.64. The van der Waals surface area contributed by atoms with Crippen LogP contribution in [0.25, 0.3) is 0 Å². The highest BCUT2D eigenvalue weighted by atomic mass is 16.5. The summed E-state index contributed by atoms with van der Waals surface area (Å²) in [6.07, 6.45) is 0.822. The monoisotopic (exact) mass is 210 g/mol. The third-order valence-corrected chi connectivity index (χ3v) is 2.28. The second-order valence-corrected chi connectivity index (χ2v) is 3.27. The van der Waals surface area contributed by atoms with Gasteiger partial charge < -0.3 is 14.6 Å². The fourth-order valence-corrected chi connectivity index (χ4v) is 1.64. The minimum atomic E-state index is 0.202. The standard InChI is InChI=1S/C12H18O3/c1-4-10-9(8-14-3)6-7-11(13)12(10)15-5-2/h6-7,13H,4-5,8H2,1-3H3. The maximum atomic E-state index is 9.68. The Bertz CT molecular complexity index is 321. The lowest BCUT2D eigenvalue weighted by molar-refractivity contribution is 0.183. The summed E-state index contributed by atoms with van der Waals surface area (Å²) in [6.45, 7) is 5.04. The van der Waals surface area contributed by atoms with E-state index >= 15 is 0 Å². The van der Waals surface area contributed by atoms with Crippen LogP contribution >= 0.6 is 0 Å². The van der Waals surface area contributed by atoms with Gasteiger partial charge >= 0.3 is 0 Å². The van der Waals surface area contributed by atoms with E-state index in [9.17, 15) is 5.11 Å². The summed E-state index contributed by atoms with van der Waals surface area (Å²) in [7, 11) is 1.66. The molecule has 15 heavy (non-hydrogen) atoms. The molecule has 1 N–H and O–H groups in total. The van der Waals surface area contributed by atoms with Crippen LogP contribution in [0.3, 0.4) is 0 Å². The van der Waals surface area contributed by atoms with Crippen molar-refractivity contribution >= 4 is 0 Å². The third-order valence-electron chi connectivity index (χ3n) is 2.28. The number of methoxy groups -OCH3 is 1.